The first kappa shape index (κ1) is 23.5. The Morgan fingerprint density at radius 2 is 1.70 bits per heavy atom. The number of nitrogens with one attached hydrogen (secondary N) is 1. The van der Waals surface area contributed by atoms with Crippen molar-refractivity contribution in [3.05, 3.63) is 89.5 Å². The fourth-order valence-electron chi connectivity index (χ4n) is 4.08. The molecule has 0 radical (unpaired) electrons. The maximum Gasteiger partial charge on any atom is 0.416 e. The number of benzene rings is 3. The highest BCUT2D eigenvalue weighted by Gasteiger charge is 2.33. The molecule has 0 bridgehead atoms. The van der Waals surface area contributed by atoms with Crippen molar-refractivity contribution in [1.82, 2.24) is 9.62 Å². The maximum absolute atomic E-state index is 12.9. The summed E-state index contributed by atoms with van der Waals surface area (Å²) in [4.78, 5) is 1.77. The van der Waals surface area contributed by atoms with Crippen LogP contribution in [0.5, 0.6) is 0 Å². The Morgan fingerprint density at radius 3 is 2.39 bits per heavy atom. The van der Waals surface area contributed by atoms with E-state index in [1.165, 1.54) is 11.6 Å². The lowest BCUT2D eigenvalue weighted by Gasteiger charge is -2.17. The van der Waals surface area contributed by atoms with Gasteiger partial charge in [0, 0.05) is 25.7 Å². The van der Waals surface area contributed by atoms with Gasteiger partial charge in [-0.05, 0) is 48.2 Å². The summed E-state index contributed by atoms with van der Waals surface area (Å²) in [7, 11) is -4.04. The third-order valence-corrected chi connectivity index (χ3v) is 7.30. The van der Waals surface area contributed by atoms with Crippen molar-refractivity contribution in [2.45, 2.75) is 37.0 Å². The van der Waals surface area contributed by atoms with Crippen LogP contribution in [-0.2, 0) is 22.7 Å². The van der Waals surface area contributed by atoms with Crippen LogP contribution in [-0.4, -0.2) is 32.4 Å². The Hall–Kier alpha value is -2.68. The molecule has 1 fully saturated rings. The second-order valence-electron chi connectivity index (χ2n) is 8.43. The first-order valence-corrected chi connectivity index (χ1v) is 12.2. The van der Waals surface area contributed by atoms with Gasteiger partial charge in [-0.25, -0.2) is 13.1 Å². The van der Waals surface area contributed by atoms with Crippen molar-refractivity contribution >= 4 is 10.0 Å². The van der Waals surface area contributed by atoms with Crippen LogP contribution in [0.25, 0.3) is 11.1 Å². The van der Waals surface area contributed by atoms with Crippen LogP contribution >= 0.6 is 0 Å². The molecule has 33 heavy (non-hydrogen) atoms. The molecule has 0 aromatic heterocycles. The van der Waals surface area contributed by atoms with Gasteiger partial charge in [-0.1, -0.05) is 60.2 Å². The third-order valence-electron chi connectivity index (χ3n) is 5.78. The number of hydrogen-bond acceptors (Lipinski definition) is 3. The first-order chi connectivity index (χ1) is 15.6. The van der Waals surface area contributed by atoms with Gasteiger partial charge in [-0.15, -0.1) is 0 Å². The van der Waals surface area contributed by atoms with Gasteiger partial charge in [0.1, 0.15) is 0 Å². The smallest absolute Gasteiger partial charge is 0.297 e. The predicted molar refractivity (Wildman–Crippen MR) is 122 cm³/mol. The van der Waals surface area contributed by atoms with Crippen LogP contribution in [0, 0.1) is 6.92 Å². The summed E-state index contributed by atoms with van der Waals surface area (Å²) in [5, 5.41) is 0. The lowest BCUT2D eigenvalue weighted by atomic mass is 10.0. The van der Waals surface area contributed by atoms with Gasteiger partial charge in [0.25, 0.3) is 0 Å². The number of aryl methyl sites for hydroxylation is 1. The van der Waals surface area contributed by atoms with E-state index in [2.05, 4.69) is 59.0 Å². The number of halogens is 3. The van der Waals surface area contributed by atoms with Crippen molar-refractivity contribution in [2.24, 2.45) is 0 Å². The van der Waals surface area contributed by atoms with Crippen LogP contribution < -0.4 is 4.72 Å². The van der Waals surface area contributed by atoms with Crippen molar-refractivity contribution in [1.29, 1.82) is 0 Å². The first-order valence-electron chi connectivity index (χ1n) is 10.7. The fraction of sp³-hybridized carbons (Fsp3) is 0.280. The molecule has 1 aliphatic rings. The fourth-order valence-corrected chi connectivity index (χ4v) is 5.39. The summed E-state index contributed by atoms with van der Waals surface area (Å²) < 4.78 is 66.6. The van der Waals surface area contributed by atoms with E-state index < -0.39 is 21.8 Å². The zero-order valence-electron chi connectivity index (χ0n) is 18.1. The van der Waals surface area contributed by atoms with Crippen molar-refractivity contribution in [3.8, 4) is 11.1 Å². The van der Waals surface area contributed by atoms with Crippen LogP contribution in [0.1, 0.15) is 23.1 Å². The molecule has 0 spiro atoms. The Labute approximate surface area is 192 Å². The number of sulfonamides is 1. The molecular weight excluding hydrogens is 449 g/mol. The predicted octanol–water partition coefficient (Wildman–Crippen LogP) is 5.23. The van der Waals surface area contributed by atoms with E-state index in [9.17, 15) is 21.6 Å². The SMILES string of the molecule is Cc1cccc(-c2ccc(CN3CC[C@@H](NS(=O)(=O)c4cccc(C(F)(F)F)c4)C3)cc2)c1. The van der Waals surface area contributed by atoms with Gasteiger partial charge in [0.2, 0.25) is 10.0 Å². The minimum atomic E-state index is -4.59. The molecule has 0 amide bonds. The third kappa shape index (κ3) is 5.82. The summed E-state index contributed by atoms with van der Waals surface area (Å²) in [6.45, 7) is 3.94. The minimum Gasteiger partial charge on any atom is -0.297 e. The van der Waals surface area contributed by atoms with Crippen LogP contribution in [0.4, 0.5) is 13.2 Å². The van der Waals surface area contributed by atoms with Gasteiger partial charge in [-0.2, -0.15) is 13.2 Å². The van der Waals surface area contributed by atoms with Gasteiger partial charge in [-0.3, -0.25) is 4.90 Å². The quantitative estimate of drug-likeness (QED) is 0.532. The van der Waals surface area contributed by atoms with Crippen molar-refractivity contribution in [2.75, 3.05) is 13.1 Å². The number of alkyl halides is 3. The summed E-state index contributed by atoms with van der Waals surface area (Å²) in [5.41, 5.74) is 3.63. The van der Waals surface area contributed by atoms with Crippen molar-refractivity contribution in [3.63, 3.8) is 0 Å². The van der Waals surface area contributed by atoms with Gasteiger partial charge in [0.05, 0.1) is 10.5 Å². The summed E-state index contributed by atoms with van der Waals surface area (Å²) in [6, 6.07) is 20.1. The number of hydrogen-bond donors (Lipinski definition) is 1. The number of likely N-dealkylation sites (tertiary alicyclic amines) is 1. The van der Waals surface area contributed by atoms with Gasteiger partial charge >= 0.3 is 6.18 Å². The highest BCUT2D eigenvalue weighted by atomic mass is 32.2. The summed E-state index contributed by atoms with van der Waals surface area (Å²) in [5.74, 6) is 0. The van der Waals surface area contributed by atoms with E-state index >= 15 is 0 Å². The molecule has 0 saturated carbocycles. The zero-order chi connectivity index (χ0) is 23.6. The number of rotatable bonds is 6. The number of nitrogens with zero attached hydrogens (tertiary/aromatic N) is 1. The standard InChI is InChI=1S/C25H25F3N2O2S/c1-18-4-2-5-21(14-18)20-10-8-19(9-11-20)16-30-13-12-23(17-30)29-33(31,32)24-7-3-6-22(15-24)25(26,27)28/h2-11,14-15,23,29H,12-13,16-17H2,1H3/t23-/m1/s1. The van der Waals surface area contributed by atoms with E-state index in [-0.39, 0.29) is 10.9 Å². The van der Waals surface area contributed by atoms with Crippen LogP contribution in [0.3, 0.4) is 0 Å². The molecule has 0 unspecified atom stereocenters. The topological polar surface area (TPSA) is 49.4 Å². The normalized spacial score (nSPS) is 17.4. The van der Waals surface area contributed by atoms with E-state index in [0.29, 0.717) is 32.1 Å². The largest absolute Gasteiger partial charge is 0.416 e. The van der Waals surface area contributed by atoms with Crippen LogP contribution in [0.2, 0.25) is 0 Å². The molecule has 1 N–H and O–H groups in total. The Bertz CT molecular complexity index is 1220. The summed E-state index contributed by atoms with van der Waals surface area (Å²) >= 11 is 0. The highest BCUT2D eigenvalue weighted by molar-refractivity contribution is 7.89. The van der Waals surface area contributed by atoms with E-state index in [1.807, 2.05) is 6.07 Å². The van der Waals surface area contributed by atoms with E-state index in [0.717, 1.165) is 28.8 Å². The molecule has 4 rings (SSSR count). The molecule has 1 atom stereocenters. The molecular formula is C25H25F3N2O2S. The molecule has 4 nitrogen and oxygen atoms in total. The van der Waals surface area contributed by atoms with Crippen molar-refractivity contribution < 1.29 is 21.6 Å². The Kier molecular flexibility index (Phi) is 6.61. The van der Waals surface area contributed by atoms with Crippen LogP contribution in [0.15, 0.2) is 77.7 Å². The van der Waals surface area contributed by atoms with Gasteiger partial charge in [0.15, 0.2) is 0 Å². The maximum atomic E-state index is 12.9. The molecule has 1 aliphatic heterocycles. The average Bonchev–Trinajstić information content (AvgIpc) is 3.20. The Morgan fingerprint density at radius 1 is 0.970 bits per heavy atom. The van der Waals surface area contributed by atoms with E-state index in [4.69, 9.17) is 0 Å². The molecule has 174 valence electrons. The molecule has 0 aliphatic carbocycles. The molecule has 1 saturated heterocycles. The highest BCUT2D eigenvalue weighted by Crippen LogP contribution is 2.30. The average molecular weight is 475 g/mol. The van der Waals surface area contributed by atoms with E-state index in [1.54, 1.807) is 0 Å². The second-order valence-corrected chi connectivity index (χ2v) is 10.1. The monoisotopic (exact) mass is 474 g/mol. The molecule has 8 heteroatoms. The zero-order valence-corrected chi connectivity index (χ0v) is 19.0. The second kappa shape index (κ2) is 9.29. The molecule has 3 aromatic carbocycles. The minimum absolute atomic E-state index is 0.351. The Balaban J connectivity index is 1.37. The summed E-state index contributed by atoms with van der Waals surface area (Å²) in [6.07, 6.45) is -4.00. The van der Waals surface area contributed by atoms with Gasteiger partial charge < -0.3 is 0 Å². The lowest BCUT2D eigenvalue weighted by molar-refractivity contribution is -0.137. The molecule has 1 heterocycles. The molecule has 3 aromatic rings. The lowest BCUT2D eigenvalue weighted by Crippen LogP contribution is -2.37.